The Bertz CT molecular complexity index is 540. The second-order valence-electron chi connectivity index (χ2n) is 4.23. The van der Waals surface area contributed by atoms with Gasteiger partial charge in [-0.05, 0) is 35.4 Å². The quantitative estimate of drug-likeness (QED) is 0.849. The van der Waals surface area contributed by atoms with Gasteiger partial charge < -0.3 is 15.2 Å². The van der Waals surface area contributed by atoms with Crippen molar-refractivity contribution in [1.29, 1.82) is 0 Å². The van der Waals surface area contributed by atoms with E-state index < -0.39 is 0 Å². The second-order valence-corrected chi connectivity index (χ2v) is 4.67. The SMILES string of the molecule is COc1cc(N)cc(COCc2ccc(Cl)cc2)c1. The Morgan fingerprint density at radius 2 is 1.68 bits per heavy atom. The third kappa shape index (κ3) is 4.16. The van der Waals surface area contributed by atoms with Crippen LogP contribution in [0.1, 0.15) is 11.1 Å². The van der Waals surface area contributed by atoms with Gasteiger partial charge in [-0.25, -0.2) is 0 Å². The lowest BCUT2D eigenvalue weighted by molar-refractivity contribution is 0.107. The summed E-state index contributed by atoms with van der Waals surface area (Å²) in [5, 5.41) is 0.726. The van der Waals surface area contributed by atoms with Gasteiger partial charge in [-0.2, -0.15) is 0 Å². The number of ether oxygens (including phenoxy) is 2. The monoisotopic (exact) mass is 277 g/mol. The molecule has 3 nitrogen and oxygen atoms in total. The Hall–Kier alpha value is -1.71. The van der Waals surface area contributed by atoms with Crippen LogP contribution in [0.25, 0.3) is 0 Å². The Labute approximate surface area is 117 Å². The van der Waals surface area contributed by atoms with E-state index in [-0.39, 0.29) is 0 Å². The lowest BCUT2D eigenvalue weighted by atomic mass is 10.2. The predicted octanol–water partition coefficient (Wildman–Crippen LogP) is 3.65. The van der Waals surface area contributed by atoms with Crippen molar-refractivity contribution in [3.8, 4) is 5.75 Å². The molecule has 0 bridgehead atoms. The summed E-state index contributed by atoms with van der Waals surface area (Å²) >= 11 is 5.82. The fourth-order valence-electron chi connectivity index (χ4n) is 1.75. The molecule has 19 heavy (non-hydrogen) atoms. The largest absolute Gasteiger partial charge is 0.497 e. The minimum atomic E-state index is 0.490. The van der Waals surface area contributed by atoms with Crippen molar-refractivity contribution in [1.82, 2.24) is 0 Å². The predicted molar refractivity (Wildman–Crippen MR) is 77.4 cm³/mol. The van der Waals surface area contributed by atoms with Crippen LogP contribution in [-0.2, 0) is 18.0 Å². The van der Waals surface area contributed by atoms with E-state index in [2.05, 4.69) is 0 Å². The lowest BCUT2D eigenvalue weighted by Crippen LogP contribution is -1.97. The first-order valence-electron chi connectivity index (χ1n) is 5.93. The van der Waals surface area contributed by atoms with Crippen LogP contribution in [-0.4, -0.2) is 7.11 Å². The summed E-state index contributed by atoms with van der Waals surface area (Å²) in [7, 11) is 1.62. The molecule has 2 aromatic rings. The Balaban J connectivity index is 1.92. The van der Waals surface area contributed by atoms with Crippen molar-refractivity contribution < 1.29 is 9.47 Å². The topological polar surface area (TPSA) is 44.5 Å². The van der Waals surface area contributed by atoms with Crippen molar-refractivity contribution in [2.24, 2.45) is 0 Å². The van der Waals surface area contributed by atoms with Crippen molar-refractivity contribution in [3.05, 3.63) is 58.6 Å². The van der Waals surface area contributed by atoms with E-state index >= 15 is 0 Å². The van der Waals surface area contributed by atoms with E-state index in [1.165, 1.54) is 0 Å². The molecule has 0 atom stereocenters. The number of hydrogen-bond donors (Lipinski definition) is 1. The summed E-state index contributed by atoms with van der Waals surface area (Å²) in [5.41, 5.74) is 8.53. The van der Waals surface area contributed by atoms with E-state index in [0.29, 0.717) is 18.9 Å². The zero-order chi connectivity index (χ0) is 13.7. The summed E-state index contributed by atoms with van der Waals surface area (Å²) < 4.78 is 10.8. The van der Waals surface area contributed by atoms with Gasteiger partial charge in [-0.15, -0.1) is 0 Å². The van der Waals surface area contributed by atoms with Gasteiger partial charge in [-0.1, -0.05) is 23.7 Å². The molecule has 4 heteroatoms. The first kappa shape index (κ1) is 13.7. The third-order valence-corrected chi connectivity index (χ3v) is 2.93. The normalized spacial score (nSPS) is 10.4. The third-order valence-electron chi connectivity index (χ3n) is 2.68. The highest BCUT2D eigenvalue weighted by atomic mass is 35.5. The molecular formula is C15H16ClNO2. The van der Waals surface area contributed by atoms with Gasteiger partial charge in [-0.3, -0.25) is 0 Å². The number of rotatable bonds is 5. The van der Waals surface area contributed by atoms with Gasteiger partial charge in [0.25, 0.3) is 0 Å². The molecule has 2 N–H and O–H groups in total. The van der Waals surface area contributed by atoms with E-state index in [9.17, 15) is 0 Å². The summed E-state index contributed by atoms with van der Waals surface area (Å²) in [5.74, 6) is 0.741. The number of hydrogen-bond acceptors (Lipinski definition) is 3. The highest BCUT2D eigenvalue weighted by Gasteiger charge is 2.00. The number of benzene rings is 2. The van der Waals surface area contributed by atoms with Gasteiger partial charge in [0, 0.05) is 16.8 Å². The van der Waals surface area contributed by atoms with Gasteiger partial charge in [0.1, 0.15) is 5.75 Å². The highest BCUT2D eigenvalue weighted by Crippen LogP contribution is 2.19. The average Bonchev–Trinajstić information content (AvgIpc) is 2.40. The molecule has 100 valence electrons. The zero-order valence-electron chi connectivity index (χ0n) is 10.7. The van der Waals surface area contributed by atoms with Gasteiger partial charge in [0.15, 0.2) is 0 Å². The lowest BCUT2D eigenvalue weighted by Gasteiger charge is -2.08. The van der Waals surface area contributed by atoms with Crippen molar-refractivity contribution >= 4 is 17.3 Å². The van der Waals surface area contributed by atoms with Crippen molar-refractivity contribution in [3.63, 3.8) is 0 Å². The summed E-state index contributed by atoms with van der Waals surface area (Å²) in [6.07, 6.45) is 0. The molecule has 2 rings (SSSR count). The minimum Gasteiger partial charge on any atom is -0.497 e. The summed E-state index contributed by atoms with van der Waals surface area (Å²) in [6.45, 7) is 1.03. The van der Waals surface area contributed by atoms with Crippen LogP contribution >= 0.6 is 11.6 Å². The fourth-order valence-corrected chi connectivity index (χ4v) is 1.88. The van der Waals surface area contributed by atoms with Crippen LogP contribution in [0.4, 0.5) is 5.69 Å². The molecule has 0 aliphatic heterocycles. The molecule has 2 aromatic carbocycles. The maximum atomic E-state index is 5.82. The molecule has 0 spiro atoms. The molecule has 0 heterocycles. The number of nitrogen functional groups attached to an aromatic ring is 1. The van der Waals surface area contributed by atoms with Crippen molar-refractivity contribution in [2.45, 2.75) is 13.2 Å². The smallest absolute Gasteiger partial charge is 0.121 e. The van der Waals surface area contributed by atoms with Crippen molar-refractivity contribution in [2.75, 3.05) is 12.8 Å². The number of anilines is 1. The Morgan fingerprint density at radius 1 is 1.00 bits per heavy atom. The fraction of sp³-hybridized carbons (Fsp3) is 0.200. The molecule has 0 unspecified atom stereocenters. The molecule has 0 saturated carbocycles. The highest BCUT2D eigenvalue weighted by molar-refractivity contribution is 6.30. The zero-order valence-corrected chi connectivity index (χ0v) is 11.5. The summed E-state index contributed by atoms with van der Waals surface area (Å²) in [4.78, 5) is 0. The molecule has 0 aliphatic carbocycles. The number of halogens is 1. The van der Waals surface area contributed by atoms with Crippen LogP contribution in [0.3, 0.4) is 0 Å². The van der Waals surface area contributed by atoms with E-state index in [0.717, 1.165) is 21.9 Å². The van der Waals surface area contributed by atoms with Gasteiger partial charge in [0.2, 0.25) is 0 Å². The second kappa shape index (κ2) is 6.45. The first-order valence-corrected chi connectivity index (χ1v) is 6.31. The van der Waals surface area contributed by atoms with Crippen LogP contribution < -0.4 is 10.5 Å². The average molecular weight is 278 g/mol. The maximum absolute atomic E-state index is 5.82. The molecule has 0 amide bonds. The van der Waals surface area contributed by atoms with Gasteiger partial charge >= 0.3 is 0 Å². The van der Waals surface area contributed by atoms with E-state index in [1.54, 1.807) is 13.2 Å². The Kier molecular flexibility index (Phi) is 4.66. The number of nitrogens with two attached hydrogens (primary N) is 1. The summed E-state index contributed by atoms with van der Waals surface area (Å²) in [6, 6.07) is 13.2. The van der Waals surface area contributed by atoms with Crippen LogP contribution in [0.5, 0.6) is 5.75 Å². The first-order chi connectivity index (χ1) is 9.17. The molecular weight excluding hydrogens is 262 g/mol. The molecule has 0 aromatic heterocycles. The van der Waals surface area contributed by atoms with Crippen LogP contribution in [0.2, 0.25) is 5.02 Å². The van der Waals surface area contributed by atoms with Crippen LogP contribution in [0, 0.1) is 0 Å². The van der Waals surface area contributed by atoms with E-state index in [1.807, 2.05) is 36.4 Å². The van der Waals surface area contributed by atoms with Gasteiger partial charge in [0.05, 0.1) is 20.3 Å². The van der Waals surface area contributed by atoms with Crippen LogP contribution in [0.15, 0.2) is 42.5 Å². The maximum Gasteiger partial charge on any atom is 0.121 e. The minimum absolute atomic E-state index is 0.490. The molecule has 0 aliphatic rings. The molecule has 0 fully saturated rings. The molecule has 0 saturated heterocycles. The number of methoxy groups -OCH3 is 1. The Morgan fingerprint density at radius 3 is 2.37 bits per heavy atom. The standard InChI is InChI=1S/C15H16ClNO2/c1-18-15-7-12(6-14(17)8-15)10-19-9-11-2-4-13(16)5-3-11/h2-8H,9-10,17H2,1H3. The molecule has 0 radical (unpaired) electrons. The van der Waals surface area contributed by atoms with E-state index in [4.69, 9.17) is 26.8 Å².